The van der Waals surface area contributed by atoms with Gasteiger partial charge >= 0.3 is 0 Å². The summed E-state index contributed by atoms with van der Waals surface area (Å²) < 4.78 is 0. The number of aryl methyl sites for hydroxylation is 1. The maximum atomic E-state index is 12.1. The number of hydrogen-bond donors (Lipinski definition) is 2. The topological polar surface area (TPSA) is 55.1 Å². The molecular weight excluding hydrogens is 248 g/mol. The Kier molecular flexibility index (Phi) is 4.41. The molecule has 0 saturated carbocycles. The fourth-order valence-electron chi connectivity index (χ4n) is 2.33. The van der Waals surface area contributed by atoms with Crippen molar-refractivity contribution in [1.29, 1.82) is 0 Å². The summed E-state index contributed by atoms with van der Waals surface area (Å²) in [4.78, 5) is 12.1. The highest BCUT2D eigenvalue weighted by Crippen LogP contribution is 2.17. The van der Waals surface area contributed by atoms with Crippen molar-refractivity contribution in [2.24, 2.45) is 0 Å². The number of benzene rings is 2. The highest BCUT2D eigenvalue weighted by atomic mass is 16.1. The zero-order chi connectivity index (χ0) is 14.5. The van der Waals surface area contributed by atoms with E-state index in [2.05, 4.69) is 18.3 Å². The Hall–Kier alpha value is -2.29. The molecule has 0 heterocycles. The van der Waals surface area contributed by atoms with Crippen molar-refractivity contribution < 1.29 is 4.79 Å². The van der Waals surface area contributed by atoms with Gasteiger partial charge in [0.1, 0.15) is 0 Å². The van der Waals surface area contributed by atoms with E-state index in [0.29, 0.717) is 12.1 Å². The molecule has 0 radical (unpaired) electrons. The van der Waals surface area contributed by atoms with Gasteiger partial charge in [0.15, 0.2) is 0 Å². The van der Waals surface area contributed by atoms with Crippen LogP contribution in [-0.2, 0) is 11.2 Å². The van der Waals surface area contributed by atoms with Crippen LogP contribution in [0, 0.1) is 6.92 Å². The summed E-state index contributed by atoms with van der Waals surface area (Å²) in [7, 11) is 0. The molecule has 3 heteroatoms. The first-order valence-corrected chi connectivity index (χ1v) is 6.75. The normalized spacial score (nSPS) is 11.9. The summed E-state index contributed by atoms with van der Waals surface area (Å²) in [5.74, 6) is 0.00588. The standard InChI is InChI=1S/C17H20N2O/c1-12-6-3-4-9-16(12)13(2)19-17(20)11-14-7-5-8-15(18)10-14/h3-10,13H,11,18H2,1-2H3,(H,19,20). The first kappa shape index (κ1) is 14.1. The van der Waals surface area contributed by atoms with Crippen molar-refractivity contribution in [2.75, 3.05) is 5.73 Å². The van der Waals surface area contributed by atoms with Crippen LogP contribution in [0.4, 0.5) is 5.69 Å². The molecule has 0 saturated heterocycles. The van der Waals surface area contributed by atoms with Crippen LogP contribution in [0.2, 0.25) is 0 Å². The maximum Gasteiger partial charge on any atom is 0.224 e. The lowest BCUT2D eigenvalue weighted by Crippen LogP contribution is -2.28. The fraction of sp³-hybridized carbons (Fsp3) is 0.235. The lowest BCUT2D eigenvalue weighted by molar-refractivity contribution is -0.121. The van der Waals surface area contributed by atoms with Crippen LogP contribution < -0.4 is 11.1 Å². The van der Waals surface area contributed by atoms with Gasteiger partial charge in [-0.3, -0.25) is 4.79 Å². The smallest absolute Gasteiger partial charge is 0.224 e. The van der Waals surface area contributed by atoms with Crippen molar-refractivity contribution in [2.45, 2.75) is 26.3 Å². The van der Waals surface area contributed by atoms with E-state index in [0.717, 1.165) is 11.1 Å². The lowest BCUT2D eigenvalue weighted by Gasteiger charge is -2.16. The predicted octanol–water partition coefficient (Wildman–Crippen LogP) is 3.00. The predicted molar refractivity (Wildman–Crippen MR) is 82.3 cm³/mol. The minimum atomic E-state index is 0.00441. The quantitative estimate of drug-likeness (QED) is 0.837. The lowest BCUT2D eigenvalue weighted by atomic mass is 10.0. The Morgan fingerprint density at radius 3 is 2.65 bits per heavy atom. The number of carbonyl (C=O) groups excluding carboxylic acids is 1. The summed E-state index contributed by atoms with van der Waals surface area (Å²) in [5, 5.41) is 3.03. The third-order valence-corrected chi connectivity index (χ3v) is 3.35. The Labute approximate surface area is 119 Å². The maximum absolute atomic E-state index is 12.1. The molecule has 3 N–H and O–H groups in total. The molecule has 20 heavy (non-hydrogen) atoms. The number of nitrogen functional groups attached to an aromatic ring is 1. The van der Waals surface area contributed by atoms with Crippen LogP contribution in [0.5, 0.6) is 0 Å². The van der Waals surface area contributed by atoms with E-state index < -0.39 is 0 Å². The van der Waals surface area contributed by atoms with Crippen LogP contribution in [0.25, 0.3) is 0 Å². The molecule has 0 fully saturated rings. The number of rotatable bonds is 4. The number of amides is 1. The zero-order valence-electron chi connectivity index (χ0n) is 11.9. The summed E-state index contributed by atoms with van der Waals surface area (Å²) in [6, 6.07) is 15.5. The monoisotopic (exact) mass is 268 g/mol. The van der Waals surface area contributed by atoms with Crippen LogP contribution >= 0.6 is 0 Å². The Balaban J connectivity index is 2.00. The number of nitrogens with one attached hydrogen (secondary N) is 1. The first-order chi connectivity index (χ1) is 9.56. The summed E-state index contributed by atoms with van der Waals surface area (Å²) in [5.41, 5.74) is 9.66. The molecule has 0 aliphatic heterocycles. The molecule has 2 aromatic carbocycles. The SMILES string of the molecule is Cc1ccccc1C(C)NC(=O)Cc1cccc(N)c1. The van der Waals surface area contributed by atoms with Crippen molar-refractivity contribution >= 4 is 11.6 Å². The van der Waals surface area contributed by atoms with Gasteiger partial charge in [0, 0.05) is 5.69 Å². The minimum Gasteiger partial charge on any atom is -0.399 e. The van der Waals surface area contributed by atoms with Gasteiger partial charge in [0.05, 0.1) is 12.5 Å². The third kappa shape index (κ3) is 3.60. The molecule has 1 unspecified atom stereocenters. The molecule has 0 aliphatic rings. The van der Waals surface area contributed by atoms with Gasteiger partial charge in [-0.15, -0.1) is 0 Å². The van der Waals surface area contributed by atoms with Crippen LogP contribution in [0.15, 0.2) is 48.5 Å². The van der Waals surface area contributed by atoms with E-state index >= 15 is 0 Å². The molecule has 0 aliphatic carbocycles. The molecule has 2 aromatic rings. The van der Waals surface area contributed by atoms with E-state index in [1.165, 1.54) is 5.56 Å². The Morgan fingerprint density at radius 2 is 1.95 bits per heavy atom. The second kappa shape index (κ2) is 6.24. The number of hydrogen-bond acceptors (Lipinski definition) is 2. The number of nitrogens with two attached hydrogens (primary N) is 1. The van der Waals surface area contributed by atoms with Gasteiger partial charge in [-0.25, -0.2) is 0 Å². The van der Waals surface area contributed by atoms with Crippen molar-refractivity contribution in [3.8, 4) is 0 Å². The Bertz CT molecular complexity index is 607. The van der Waals surface area contributed by atoms with E-state index in [1.54, 1.807) is 0 Å². The number of carbonyl (C=O) groups is 1. The summed E-state index contributed by atoms with van der Waals surface area (Å²) in [6.45, 7) is 4.05. The van der Waals surface area contributed by atoms with E-state index in [4.69, 9.17) is 5.73 Å². The summed E-state index contributed by atoms with van der Waals surface area (Å²) >= 11 is 0. The van der Waals surface area contributed by atoms with Gasteiger partial charge in [-0.1, -0.05) is 36.4 Å². The largest absolute Gasteiger partial charge is 0.399 e. The highest BCUT2D eigenvalue weighted by molar-refractivity contribution is 5.79. The van der Waals surface area contributed by atoms with Crippen LogP contribution in [-0.4, -0.2) is 5.91 Å². The number of anilines is 1. The van der Waals surface area contributed by atoms with Gasteiger partial charge < -0.3 is 11.1 Å². The molecule has 0 aromatic heterocycles. The van der Waals surface area contributed by atoms with Gasteiger partial charge in [-0.2, -0.15) is 0 Å². The Morgan fingerprint density at radius 1 is 1.20 bits per heavy atom. The third-order valence-electron chi connectivity index (χ3n) is 3.35. The molecule has 0 bridgehead atoms. The average Bonchev–Trinajstić information content (AvgIpc) is 2.38. The van der Waals surface area contributed by atoms with E-state index in [1.807, 2.05) is 49.4 Å². The molecule has 104 valence electrons. The van der Waals surface area contributed by atoms with E-state index in [9.17, 15) is 4.79 Å². The molecule has 1 amide bonds. The van der Waals surface area contributed by atoms with Gasteiger partial charge in [0.25, 0.3) is 0 Å². The molecular formula is C17H20N2O. The van der Waals surface area contributed by atoms with Gasteiger partial charge in [-0.05, 0) is 42.7 Å². The fourth-order valence-corrected chi connectivity index (χ4v) is 2.33. The molecule has 1 atom stereocenters. The molecule has 0 spiro atoms. The van der Waals surface area contributed by atoms with Gasteiger partial charge in [0.2, 0.25) is 5.91 Å². The van der Waals surface area contributed by atoms with Crippen LogP contribution in [0.1, 0.15) is 29.7 Å². The highest BCUT2D eigenvalue weighted by Gasteiger charge is 2.11. The first-order valence-electron chi connectivity index (χ1n) is 6.75. The molecule has 2 rings (SSSR count). The molecule has 3 nitrogen and oxygen atoms in total. The van der Waals surface area contributed by atoms with Crippen molar-refractivity contribution in [3.05, 3.63) is 65.2 Å². The minimum absolute atomic E-state index is 0.00441. The second-order valence-electron chi connectivity index (χ2n) is 5.07. The average molecular weight is 268 g/mol. The van der Waals surface area contributed by atoms with Crippen LogP contribution in [0.3, 0.4) is 0 Å². The van der Waals surface area contributed by atoms with Crippen molar-refractivity contribution in [3.63, 3.8) is 0 Å². The second-order valence-corrected chi connectivity index (χ2v) is 5.07. The zero-order valence-corrected chi connectivity index (χ0v) is 11.9. The van der Waals surface area contributed by atoms with E-state index in [-0.39, 0.29) is 11.9 Å². The van der Waals surface area contributed by atoms with Crippen molar-refractivity contribution in [1.82, 2.24) is 5.32 Å². The summed E-state index contributed by atoms with van der Waals surface area (Å²) in [6.07, 6.45) is 0.348.